The average molecular weight is 405 g/mol. The van der Waals surface area contributed by atoms with Crippen LogP contribution in [0.2, 0.25) is 0 Å². The molecule has 5 nitrogen and oxygen atoms in total. The number of rotatable bonds is 2. The topological polar surface area (TPSA) is 86.9 Å². The monoisotopic (exact) mass is 405 g/mol. The summed E-state index contributed by atoms with van der Waals surface area (Å²) in [6, 6.07) is 7.89. The zero-order valence-corrected chi connectivity index (χ0v) is 14.2. The number of Topliss-reactive ketones (excluding diaryl/α,β-unsaturated/α-hetero) is 1. The highest BCUT2D eigenvalue weighted by Gasteiger charge is 2.55. The molecule has 116 valence electrons. The van der Waals surface area contributed by atoms with Gasteiger partial charge in [0.25, 0.3) is 0 Å². The van der Waals surface area contributed by atoms with E-state index in [0.29, 0.717) is 26.1 Å². The van der Waals surface area contributed by atoms with Gasteiger partial charge in [-0.2, -0.15) is 0 Å². The Balaban J connectivity index is 0.00000110. The van der Waals surface area contributed by atoms with Crippen molar-refractivity contribution in [3.8, 4) is 0 Å². The number of halogens is 1. The number of fused-ring (bicyclic) bond motifs is 4. The van der Waals surface area contributed by atoms with Crippen LogP contribution >= 0.6 is 24.0 Å². The van der Waals surface area contributed by atoms with E-state index in [1.54, 1.807) is 6.92 Å². The van der Waals surface area contributed by atoms with Crippen molar-refractivity contribution >= 4 is 35.7 Å². The van der Waals surface area contributed by atoms with Gasteiger partial charge in [-0.05, 0) is 24.5 Å². The van der Waals surface area contributed by atoms with Gasteiger partial charge in [0.2, 0.25) is 0 Å². The van der Waals surface area contributed by atoms with Crippen molar-refractivity contribution in [3.05, 3.63) is 35.4 Å². The van der Waals surface area contributed by atoms with Crippen molar-refractivity contribution in [2.45, 2.75) is 19.3 Å². The molecule has 3 N–H and O–H groups in total. The normalized spacial score (nSPS) is 26.0. The van der Waals surface area contributed by atoms with Gasteiger partial charge in [-0.15, -0.1) is 24.0 Å². The average Bonchev–Trinajstić information content (AvgIpc) is 2.40. The van der Waals surface area contributed by atoms with Crippen LogP contribution in [0.4, 0.5) is 0 Å². The highest BCUT2D eigenvalue weighted by molar-refractivity contribution is 14.0. The van der Waals surface area contributed by atoms with E-state index in [1.165, 1.54) is 0 Å². The van der Waals surface area contributed by atoms with Crippen LogP contribution in [0.1, 0.15) is 24.0 Å². The molecule has 1 saturated heterocycles. The zero-order valence-electron chi connectivity index (χ0n) is 11.8. The first-order chi connectivity index (χ1) is 9.19. The summed E-state index contributed by atoms with van der Waals surface area (Å²) in [4.78, 5) is 24.9. The molecule has 6 heteroatoms. The number of carbonyl (C=O) groups is 2. The van der Waals surface area contributed by atoms with E-state index in [0.717, 1.165) is 11.1 Å². The van der Waals surface area contributed by atoms with Crippen LogP contribution in [-0.4, -0.2) is 36.9 Å². The van der Waals surface area contributed by atoms with Crippen LogP contribution in [0.3, 0.4) is 0 Å². The Morgan fingerprint density at radius 2 is 2.14 bits per heavy atom. The Kier molecular flexibility index (Phi) is 5.89. The number of carbonyl (C=O) groups excluding carboxylic acids is 2. The number of piperidine rings is 1. The van der Waals surface area contributed by atoms with Crippen molar-refractivity contribution in [3.63, 3.8) is 0 Å². The summed E-state index contributed by atoms with van der Waals surface area (Å²) in [5.74, 6) is -0.585. The number of hydrogen-bond donors (Lipinski definition) is 1. The summed E-state index contributed by atoms with van der Waals surface area (Å²) < 4.78 is 5.14. The maximum Gasteiger partial charge on any atom is 0.321 e. The number of esters is 1. The SMILES string of the molecule is CCOC(=O)C12CNCC(C1=O)c1ccccc1C2.I.O. The van der Waals surface area contributed by atoms with E-state index < -0.39 is 5.41 Å². The van der Waals surface area contributed by atoms with E-state index in [-0.39, 0.29) is 47.1 Å². The van der Waals surface area contributed by atoms with E-state index in [1.807, 2.05) is 24.3 Å². The highest BCUT2D eigenvalue weighted by Crippen LogP contribution is 2.42. The summed E-state index contributed by atoms with van der Waals surface area (Å²) in [5.41, 5.74) is 1.13. The molecule has 0 radical (unpaired) electrons. The molecule has 2 atom stereocenters. The van der Waals surface area contributed by atoms with Crippen molar-refractivity contribution in [1.82, 2.24) is 5.32 Å². The zero-order chi connectivity index (χ0) is 13.5. The van der Waals surface area contributed by atoms with E-state index in [9.17, 15) is 9.59 Å². The summed E-state index contributed by atoms with van der Waals surface area (Å²) >= 11 is 0. The lowest BCUT2D eigenvalue weighted by atomic mass is 9.64. The smallest absolute Gasteiger partial charge is 0.321 e. The fourth-order valence-electron chi connectivity index (χ4n) is 3.22. The van der Waals surface area contributed by atoms with Gasteiger partial charge in [0, 0.05) is 13.1 Å². The number of nitrogens with one attached hydrogen (secondary N) is 1. The summed E-state index contributed by atoms with van der Waals surface area (Å²) in [7, 11) is 0. The minimum Gasteiger partial charge on any atom is -0.465 e. The van der Waals surface area contributed by atoms with Crippen molar-refractivity contribution in [2.24, 2.45) is 5.41 Å². The van der Waals surface area contributed by atoms with Gasteiger partial charge in [0.1, 0.15) is 5.41 Å². The molecule has 2 aliphatic rings. The number of ether oxygens (including phenoxy) is 1. The molecule has 2 bridgehead atoms. The molecule has 0 saturated carbocycles. The van der Waals surface area contributed by atoms with Gasteiger partial charge in [0.05, 0.1) is 12.5 Å². The molecule has 1 aromatic carbocycles. The quantitative estimate of drug-likeness (QED) is 0.449. The van der Waals surface area contributed by atoms with Gasteiger partial charge in [-0.3, -0.25) is 9.59 Å². The molecule has 0 aromatic heterocycles. The van der Waals surface area contributed by atoms with Crippen LogP contribution in [0.25, 0.3) is 0 Å². The third-order valence-electron chi connectivity index (χ3n) is 4.15. The lowest BCUT2D eigenvalue weighted by Crippen LogP contribution is -2.59. The molecule has 1 aromatic rings. The first-order valence-electron chi connectivity index (χ1n) is 6.69. The molecule has 2 unspecified atom stereocenters. The predicted octanol–water partition coefficient (Wildman–Crippen LogP) is 0.841. The maximum absolute atomic E-state index is 12.7. The van der Waals surface area contributed by atoms with Gasteiger partial charge < -0.3 is 15.5 Å². The molecular formula is C15H20INO4. The van der Waals surface area contributed by atoms with Gasteiger partial charge in [0.15, 0.2) is 5.78 Å². The minimum absolute atomic E-state index is 0. The Morgan fingerprint density at radius 3 is 2.86 bits per heavy atom. The van der Waals surface area contributed by atoms with Crippen LogP contribution in [0.5, 0.6) is 0 Å². The molecule has 0 amide bonds. The Morgan fingerprint density at radius 1 is 1.43 bits per heavy atom. The summed E-state index contributed by atoms with van der Waals surface area (Å²) in [6.07, 6.45) is 0.449. The fraction of sp³-hybridized carbons (Fsp3) is 0.467. The summed E-state index contributed by atoms with van der Waals surface area (Å²) in [6.45, 7) is 3.07. The third kappa shape index (κ3) is 2.72. The van der Waals surface area contributed by atoms with E-state index in [4.69, 9.17) is 4.74 Å². The van der Waals surface area contributed by atoms with Crippen LogP contribution < -0.4 is 5.32 Å². The number of benzene rings is 1. The minimum atomic E-state index is -1.02. The molecular weight excluding hydrogens is 385 g/mol. The Labute approximate surface area is 140 Å². The second kappa shape index (κ2) is 6.85. The van der Waals surface area contributed by atoms with Gasteiger partial charge in [-0.1, -0.05) is 24.3 Å². The molecule has 0 spiro atoms. The molecule has 1 aliphatic carbocycles. The van der Waals surface area contributed by atoms with Crippen LogP contribution in [0.15, 0.2) is 24.3 Å². The molecule has 1 heterocycles. The second-order valence-electron chi connectivity index (χ2n) is 5.23. The van der Waals surface area contributed by atoms with Gasteiger partial charge in [-0.25, -0.2) is 0 Å². The van der Waals surface area contributed by atoms with Crippen molar-refractivity contribution in [1.29, 1.82) is 0 Å². The third-order valence-corrected chi connectivity index (χ3v) is 4.15. The van der Waals surface area contributed by atoms with Crippen LogP contribution in [0, 0.1) is 5.41 Å². The van der Waals surface area contributed by atoms with Crippen LogP contribution in [-0.2, 0) is 20.7 Å². The number of ketones is 1. The molecule has 1 aliphatic heterocycles. The number of hydrogen-bond acceptors (Lipinski definition) is 4. The second-order valence-corrected chi connectivity index (χ2v) is 5.23. The lowest BCUT2D eigenvalue weighted by molar-refractivity contribution is -0.162. The standard InChI is InChI=1S/C15H17NO3.HI.H2O/c1-2-19-14(18)15-7-10-5-3-4-6-11(10)12(13(15)17)8-16-9-15;;/h3-6,12,16H,2,7-9H2,1H3;1H;1H2. The largest absolute Gasteiger partial charge is 0.465 e. The molecule has 3 rings (SSSR count). The van der Waals surface area contributed by atoms with Crippen molar-refractivity contribution in [2.75, 3.05) is 19.7 Å². The van der Waals surface area contributed by atoms with E-state index >= 15 is 0 Å². The Bertz CT molecular complexity index is 548. The van der Waals surface area contributed by atoms with Gasteiger partial charge >= 0.3 is 5.97 Å². The molecule has 1 fully saturated rings. The first-order valence-corrected chi connectivity index (χ1v) is 6.69. The lowest BCUT2D eigenvalue weighted by Gasteiger charge is -2.42. The maximum atomic E-state index is 12.7. The predicted molar refractivity (Wildman–Crippen MR) is 88.9 cm³/mol. The highest BCUT2D eigenvalue weighted by atomic mass is 127. The van der Waals surface area contributed by atoms with Crippen molar-refractivity contribution < 1.29 is 19.8 Å². The Hall–Kier alpha value is -0.990. The first kappa shape index (κ1) is 18.1. The summed E-state index contributed by atoms with van der Waals surface area (Å²) in [5, 5.41) is 3.22. The fourth-order valence-corrected chi connectivity index (χ4v) is 3.22. The molecule has 21 heavy (non-hydrogen) atoms. The van der Waals surface area contributed by atoms with E-state index in [2.05, 4.69) is 5.32 Å².